The number of pyridine rings is 1. The number of piperazine rings is 1. The Morgan fingerprint density at radius 2 is 1.83 bits per heavy atom. The molecule has 1 aliphatic heterocycles. The van der Waals surface area contributed by atoms with E-state index < -0.39 is 0 Å². The topological polar surface area (TPSA) is 92.4 Å². The summed E-state index contributed by atoms with van der Waals surface area (Å²) in [5.74, 6) is 1.34. The average molecular weight is 324 g/mol. The zero-order chi connectivity index (χ0) is 15.4. The third kappa shape index (κ3) is 4.04. The Morgan fingerprint density at radius 3 is 2.43 bits per heavy atom. The van der Waals surface area contributed by atoms with Gasteiger partial charge in [-0.25, -0.2) is 0 Å². The van der Waals surface area contributed by atoms with Crippen LogP contribution in [0.4, 0.5) is 11.5 Å². The first-order valence-corrected chi connectivity index (χ1v) is 8.26. The fourth-order valence-electron chi connectivity index (χ4n) is 3.62. The van der Waals surface area contributed by atoms with Crippen LogP contribution in [0.3, 0.4) is 0 Å². The fourth-order valence-corrected chi connectivity index (χ4v) is 3.62. The first-order valence-electron chi connectivity index (χ1n) is 8.26. The van der Waals surface area contributed by atoms with Crippen molar-refractivity contribution < 1.29 is 15.4 Å². The molecule has 2 fully saturated rings. The van der Waals surface area contributed by atoms with Gasteiger partial charge >= 0.3 is 0 Å². The van der Waals surface area contributed by atoms with Crippen molar-refractivity contribution in [2.24, 2.45) is 0 Å². The third-order valence-electron chi connectivity index (χ3n) is 4.88. The molecule has 0 aromatic carbocycles. The molecule has 0 radical (unpaired) electrons. The molecular formula is C16H28N4O3. The van der Waals surface area contributed by atoms with Gasteiger partial charge in [-0.2, -0.15) is 4.98 Å². The van der Waals surface area contributed by atoms with E-state index in [1.807, 2.05) is 0 Å². The predicted molar refractivity (Wildman–Crippen MR) is 90.5 cm³/mol. The maximum absolute atomic E-state index is 9.30. The minimum atomic E-state index is 0. The zero-order valence-corrected chi connectivity index (χ0v) is 13.8. The lowest BCUT2D eigenvalue weighted by Gasteiger charge is -2.41. The fraction of sp³-hybridized carbons (Fsp3) is 0.688. The molecule has 1 aromatic heterocycles. The van der Waals surface area contributed by atoms with E-state index in [0.717, 1.165) is 38.0 Å². The number of methoxy groups -OCH3 is 1. The van der Waals surface area contributed by atoms with E-state index in [9.17, 15) is 5.21 Å². The summed E-state index contributed by atoms with van der Waals surface area (Å²) in [5.41, 5.74) is 2.88. The summed E-state index contributed by atoms with van der Waals surface area (Å²) in [5, 5.41) is 9.30. The number of rotatable bonds is 4. The van der Waals surface area contributed by atoms with Gasteiger partial charge in [0.25, 0.3) is 0 Å². The Bertz CT molecular complexity index is 486. The SMILES string of the molecule is COc1ccc(NO)c(N2CCN(C3CCCCC3)CC2)n1.O. The van der Waals surface area contributed by atoms with Crippen molar-refractivity contribution >= 4 is 11.5 Å². The standard InChI is InChI=1S/C16H26N4O2.H2O/c1-22-15-8-7-14(18-21)16(17-15)20-11-9-19(10-12-20)13-5-3-2-4-6-13;/h7-8,13,18,21H,2-6,9-12H2,1H3;1H2. The minimum Gasteiger partial charge on any atom is -0.481 e. The lowest BCUT2D eigenvalue weighted by Crippen LogP contribution is -2.51. The van der Waals surface area contributed by atoms with E-state index in [0.29, 0.717) is 11.6 Å². The average Bonchev–Trinajstić information content (AvgIpc) is 2.62. The maximum Gasteiger partial charge on any atom is 0.215 e. The molecule has 0 amide bonds. The van der Waals surface area contributed by atoms with Crippen molar-refractivity contribution in [3.63, 3.8) is 0 Å². The monoisotopic (exact) mass is 324 g/mol. The third-order valence-corrected chi connectivity index (χ3v) is 4.88. The molecule has 1 saturated heterocycles. The van der Waals surface area contributed by atoms with Crippen molar-refractivity contribution in [2.75, 3.05) is 43.7 Å². The first-order chi connectivity index (χ1) is 10.8. The van der Waals surface area contributed by atoms with Gasteiger partial charge in [0, 0.05) is 38.3 Å². The Morgan fingerprint density at radius 1 is 1.13 bits per heavy atom. The number of nitrogens with zero attached hydrogens (tertiary/aromatic N) is 3. The van der Waals surface area contributed by atoms with Gasteiger partial charge in [0.1, 0.15) is 5.69 Å². The summed E-state index contributed by atoms with van der Waals surface area (Å²) in [4.78, 5) is 9.34. The molecule has 0 atom stereocenters. The molecule has 1 aromatic rings. The Labute approximate surface area is 137 Å². The summed E-state index contributed by atoms with van der Waals surface area (Å²) in [6.07, 6.45) is 6.85. The Hall–Kier alpha value is -1.57. The molecular weight excluding hydrogens is 296 g/mol. The molecule has 3 rings (SSSR count). The largest absolute Gasteiger partial charge is 0.481 e. The number of hydrogen-bond donors (Lipinski definition) is 2. The smallest absolute Gasteiger partial charge is 0.215 e. The minimum absolute atomic E-state index is 0. The van der Waals surface area contributed by atoms with Gasteiger partial charge < -0.3 is 15.1 Å². The van der Waals surface area contributed by atoms with Crippen molar-refractivity contribution in [3.05, 3.63) is 12.1 Å². The Kier molecular flexibility index (Phi) is 6.44. The molecule has 0 bridgehead atoms. The molecule has 7 heteroatoms. The number of hydrogen-bond acceptors (Lipinski definition) is 6. The maximum atomic E-state index is 9.30. The quantitative estimate of drug-likeness (QED) is 0.816. The molecule has 7 nitrogen and oxygen atoms in total. The van der Waals surface area contributed by atoms with E-state index in [4.69, 9.17) is 4.74 Å². The van der Waals surface area contributed by atoms with Crippen LogP contribution >= 0.6 is 0 Å². The van der Waals surface area contributed by atoms with Gasteiger partial charge in [-0.15, -0.1) is 0 Å². The number of aromatic nitrogens is 1. The van der Waals surface area contributed by atoms with E-state index >= 15 is 0 Å². The molecule has 2 heterocycles. The molecule has 0 unspecified atom stereocenters. The summed E-state index contributed by atoms with van der Waals surface area (Å²) in [7, 11) is 1.61. The number of anilines is 2. The van der Waals surface area contributed by atoms with E-state index in [2.05, 4.69) is 20.3 Å². The highest BCUT2D eigenvalue weighted by atomic mass is 16.5. The highest BCUT2D eigenvalue weighted by Crippen LogP contribution is 2.29. The van der Waals surface area contributed by atoms with Crippen molar-refractivity contribution in [1.82, 2.24) is 9.88 Å². The molecule has 4 N–H and O–H groups in total. The second-order valence-electron chi connectivity index (χ2n) is 6.15. The molecule has 2 aliphatic rings. The second kappa shape index (κ2) is 8.33. The summed E-state index contributed by atoms with van der Waals surface area (Å²) < 4.78 is 5.20. The van der Waals surface area contributed by atoms with Crippen molar-refractivity contribution in [2.45, 2.75) is 38.1 Å². The van der Waals surface area contributed by atoms with E-state index in [1.54, 1.807) is 19.2 Å². The number of nitrogens with one attached hydrogen (secondary N) is 1. The van der Waals surface area contributed by atoms with Crippen LogP contribution in [-0.2, 0) is 0 Å². The van der Waals surface area contributed by atoms with Crippen LogP contribution in [0, 0.1) is 0 Å². The van der Waals surface area contributed by atoms with Crippen LogP contribution in [0.1, 0.15) is 32.1 Å². The molecule has 1 saturated carbocycles. The predicted octanol–water partition coefficient (Wildman–Crippen LogP) is 1.52. The van der Waals surface area contributed by atoms with Gasteiger partial charge in [0.2, 0.25) is 5.88 Å². The van der Waals surface area contributed by atoms with Crippen LogP contribution < -0.4 is 15.1 Å². The van der Waals surface area contributed by atoms with Crippen LogP contribution in [0.5, 0.6) is 5.88 Å². The van der Waals surface area contributed by atoms with E-state index in [-0.39, 0.29) is 5.48 Å². The first kappa shape index (κ1) is 17.8. The van der Waals surface area contributed by atoms with Gasteiger partial charge in [-0.05, 0) is 18.9 Å². The van der Waals surface area contributed by atoms with Gasteiger partial charge in [0.05, 0.1) is 7.11 Å². The van der Waals surface area contributed by atoms with Crippen LogP contribution in [-0.4, -0.2) is 59.9 Å². The van der Waals surface area contributed by atoms with Gasteiger partial charge in [-0.3, -0.25) is 15.6 Å². The molecule has 130 valence electrons. The van der Waals surface area contributed by atoms with E-state index in [1.165, 1.54) is 32.1 Å². The summed E-state index contributed by atoms with van der Waals surface area (Å²) >= 11 is 0. The second-order valence-corrected chi connectivity index (χ2v) is 6.15. The van der Waals surface area contributed by atoms with Crippen LogP contribution in [0.25, 0.3) is 0 Å². The highest BCUT2D eigenvalue weighted by Gasteiger charge is 2.26. The zero-order valence-electron chi connectivity index (χ0n) is 13.8. The highest BCUT2D eigenvalue weighted by molar-refractivity contribution is 5.65. The molecule has 0 spiro atoms. The van der Waals surface area contributed by atoms with Crippen molar-refractivity contribution in [1.29, 1.82) is 0 Å². The van der Waals surface area contributed by atoms with Crippen LogP contribution in [0.15, 0.2) is 12.1 Å². The number of ether oxygens (including phenoxy) is 1. The molecule has 23 heavy (non-hydrogen) atoms. The van der Waals surface area contributed by atoms with Crippen LogP contribution in [0.2, 0.25) is 0 Å². The lowest BCUT2D eigenvalue weighted by atomic mass is 9.94. The molecule has 1 aliphatic carbocycles. The Balaban J connectivity index is 0.00000192. The summed E-state index contributed by atoms with van der Waals surface area (Å²) in [6.45, 7) is 4.00. The van der Waals surface area contributed by atoms with Gasteiger partial charge in [-0.1, -0.05) is 19.3 Å². The van der Waals surface area contributed by atoms with Crippen molar-refractivity contribution in [3.8, 4) is 5.88 Å². The van der Waals surface area contributed by atoms with Gasteiger partial charge in [0.15, 0.2) is 5.82 Å². The summed E-state index contributed by atoms with van der Waals surface area (Å²) in [6, 6.07) is 4.32. The normalized spacial score (nSPS) is 20.0. The lowest BCUT2D eigenvalue weighted by molar-refractivity contribution is 0.147.